The second-order valence-corrected chi connectivity index (χ2v) is 9.49. The highest BCUT2D eigenvalue weighted by Gasteiger charge is 2.33. The molecule has 3 aromatic carbocycles. The molecule has 1 fully saturated rings. The molecule has 1 aliphatic rings. The summed E-state index contributed by atoms with van der Waals surface area (Å²) in [7, 11) is 3.29. The number of aryl methyl sites for hydroxylation is 1. The maximum absolute atomic E-state index is 13.2. The molecule has 2 atom stereocenters. The molecule has 7 heteroatoms. The third-order valence-corrected chi connectivity index (χ3v) is 7.07. The second kappa shape index (κ2) is 12.1. The van der Waals surface area contributed by atoms with E-state index < -0.39 is 0 Å². The van der Waals surface area contributed by atoms with Crippen molar-refractivity contribution in [3.05, 3.63) is 71.8 Å². The van der Waals surface area contributed by atoms with Crippen molar-refractivity contribution in [3.63, 3.8) is 0 Å². The Morgan fingerprint density at radius 1 is 1.08 bits per heavy atom. The van der Waals surface area contributed by atoms with E-state index in [0.29, 0.717) is 18.2 Å². The summed E-state index contributed by atoms with van der Waals surface area (Å²) in [6.45, 7) is 3.19. The number of urea groups is 1. The Balaban J connectivity index is 1.30. The van der Waals surface area contributed by atoms with Crippen molar-refractivity contribution >= 4 is 34.1 Å². The van der Waals surface area contributed by atoms with E-state index in [-0.39, 0.29) is 18.1 Å². The van der Waals surface area contributed by atoms with Gasteiger partial charge in [-0.25, -0.2) is 4.79 Å². The van der Waals surface area contributed by atoms with Gasteiger partial charge in [-0.3, -0.25) is 0 Å². The smallest absolute Gasteiger partial charge is 0.318 e. The van der Waals surface area contributed by atoms with E-state index in [9.17, 15) is 4.79 Å². The first kappa shape index (κ1) is 25.8. The Bertz CT molecular complexity index is 1190. The van der Waals surface area contributed by atoms with E-state index in [2.05, 4.69) is 29.6 Å². The van der Waals surface area contributed by atoms with Crippen molar-refractivity contribution < 1.29 is 19.0 Å². The first-order valence-corrected chi connectivity index (χ1v) is 12.8. The number of carbonyl (C=O) groups excluding carboxylic acids is 1. The van der Waals surface area contributed by atoms with Crippen LogP contribution in [0.3, 0.4) is 0 Å². The number of ether oxygens (including phenoxy) is 3. The molecule has 1 saturated heterocycles. The Morgan fingerprint density at radius 2 is 1.81 bits per heavy atom. The lowest BCUT2D eigenvalue weighted by molar-refractivity contribution is 0.192. The van der Waals surface area contributed by atoms with Gasteiger partial charge in [-0.2, -0.15) is 0 Å². The van der Waals surface area contributed by atoms with Gasteiger partial charge in [0.2, 0.25) is 0 Å². The average molecular weight is 507 g/mol. The van der Waals surface area contributed by atoms with Crippen molar-refractivity contribution in [1.82, 2.24) is 10.2 Å². The zero-order chi connectivity index (χ0) is 25.5. The quantitative estimate of drug-likeness (QED) is 0.282. The molecular formula is C29H34N2O4S. The van der Waals surface area contributed by atoms with Gasteiger partial charge >= 0.3 is 6.03 Å². The molecule has 0 aliphatic carbocycles. The van der Waals surface area contributed by atoms with Crippen molar-refractivity contribution in [1.29, 1.82) is 0 Å². The van der Waals surface area contributed by atoms with Crippen LogP contribution in [0.5, 0.6) is 11.5 Å². The predicted molar refractivity (Wildman–Crippen MR) is 147 cm³/mol. The standard InChI is InChI=1S/C29H34N2O4S/c1-20(25-13-6-11-22-10-4-5-12-26(22)25)30-29(32)31-15-7-14-27(31)28(36)35-16-8-9-21-17-23(33-2)19-24(18-21)34-3/h4-6,10-13,17-20,27H,7-9,14-16H2,1-3H3,(H,30,32)/t20-,27-/m0/s1. The van der Waals surface area contributed by atoms with Crippen LogP contribution in [0.15, 0.2) is 60.7 Å². The minimum atomic E-state index is -0.184. The Morgan fingerprint density at radius 3 is 2.56 bits per heavy atom. The number of nitrogens with one attached hydrogen (secondary N) is 1. The number of hydrogen-bond acceptors (Lipinski definition) is 5. The third-order valence-electron chi connectivity index (χ3n) is 6.68. The van der Waals surface area contributed by atoms with Crippen molar-refractivity contribution in [3.8, 4) is 11.5 Å². The molecule has 1 heterocycles. The summed E-state index contributed by atoms with van der Waals surface area (Å²) in [5.41, 5.74) is 2.22. The number of benzene rings is 3. The van der Waals surface area contributed by atoms with Crippen LogP contribution < -0.4 is 14.8 Å². The number of likely N-dealkylation sites (tertiary alicyclic amines) is 1. The molecule has 3 aromatic rings. The van der Waals surface area contributed by atoms with Gasteiger partial charge in [-0.15, -0.1) is 0 Å². The summed E-state index contributed by atoms with van der Waals surface area (Å²) in [5.74, 6) is 1.54. The predicted octanol–water partition coefficient (Wildman–Crippen LogP) is 6.07. The van der Waals surface area contributed by atoms with Crippen LogP contribution in [0.4, 0.5) is 4.79 Å². The lowest BCUT2D eigenvalue weighted by Gasteiger charge is -2.27. The fourth-order valence-electron chi connectivity index (χ4n) is 4.78. The number of amides is 2. The largest absolute Gasteiger partial charge is 0.497 e. The monoisotopic (exact) mass is 506 g/mol. The van der Waals surface area contributed by atoms with Crippen molar-refractivity contribution in [2.45, 2.75) is 44.7 Å². The molecule has 1 aliphatic heterocycles. The summed E-state index contributed by atoms with van der Waals surface area (Å²) in [6, 6.07) is 19.9. The summed E-state index contributed by atoms with van der Waals surface area (Å²) in [5, 5.41) is 5.98. The highest BCUT2D eigenvalue weighted by atomic mass is 32.1. The van der Waals surface area contributed by atoms with Gasteiger partial charge in [-0.05, 0) is 78.9 Å². The van der Waals surface area contributed by atoms with Gasteiger partial charge in [0, 0.05) is 12.6 Å². The van der Waals surface area contributed by atoms with E-state index in [4.69, 9.17) is 26.4 Å². The lowest BCUT2D eigenvalue weighted by atomic mass is 10.00. The summed E-state index contributed by atoms with van der Waals surface area (Å²) in [6.07, 6.45) is 3.34. The number of rotatable bonds is 9. The first-order valence-electron chi connectivity index (χ1n) is 12.4. The van der Waals surface area contributed by atoms with Crippen LogP contribution in [0, 0.1) is 0 Å². The molecule has 36 heavy (non-hydrogen) atoms. The fraction of sp³-hybridized carbons (Fsp3) is 0.379. The average Bonchev–Trinajstić information content (AvgIpc) is 3.41. The summed E-state index contributed by atoms with van der Waals surface area (Å²) < 4.78 is 16.6. The van der Waals surface area contributed by atoms with Gasteiger partial charge < -0.3 is 24.4 Å². The van der Waals surface area contributed by atoms with Crippen molar-refractivity contribution in [2.24, 2.45) is 0 Å². The molecule has 0 saturated carbocycles. The van der Waals surface area contributed by atoms with Crippen LogP contribution in [0.25, 0.3) is 10.8 Å². The molecule has 0 radical (unpaired) electrons. The molecule has 0 unspecified atom stereocenters. The Labute approximate surface area is 218 Å². The number of fused-ring (bicyclic) bond motifs is 1. The SMILES string of the molecule is COc1cc(CCCOC(=S)[C@@H]2CCCN2C(=O)N[C@@H](C)c2cccc3ccccc23)cc(OC)c1. The number of methoxy groups -OCH3 is 2. The van der Waals surface area contributed by atoms with E-state index >= 15 is 0 Å². The van der Waals surface area contributed by atoms with Crippen LogP contribution in [0.1, 0.15) is 43.4 Å². The van der Waals surface area contributed by atoms with E-state index in [1.165, 1.54) is 0 Å². The lowest BCUT2D eigenvalue weighted by Crippen LogP contribution is -2.46. The molecular weight excluding hydrogens is 472 g/mol. The molecule has 4 rings (SSSR count). The molecule has 1 N–H and O–H groups in total. The molecule has 0 bridgehead atoms. The maximum atomic E-state index is 13.2. The zero-order valence-corrected chi connectivity index (χ0v) is 22.0. The maximum Gasteiger partial charge on any atom is 0.318 e. The van der Waals surface area contributed by atoms with Crippen LogP contribution in [-0.4, -0.2) is 49.4 Å². The number of nitrogens with zero attached hydrogens (tertiary/aromatic N) is 1. The molecule has 0 spiro atoms. The third kappa shape index (κ3) is 6.08. The van der Waals surface area contributed by atoms with Gasteiger partial charge in [-0.1, -0.05) is 42.5 Å². The van der Waals surface area contributed by atoms with E-state index in [1.807, 2.05) is 48.2 Å². The van der Waals surface area contributed by atoms with E-state index in [1.54, 1.807) is 14.2 Å². The minimum absolute atomic E-state index is 0.104. The molecule has 190 valence electrons. The summed E-state index contributed by atoms with van der Waals surface area (Å²) in [4.78, 5) is 15.0. The van der Waals surface area contributed by atoms with Crippen LogP contribution in [0.2, 0.25) is 0 Å². The fourth-order valence-corrected chi connectivity index (χ4v) is 5.11. The van der Waals surface area contributed by atoms with Gasteiger partial charge in [0.15, 0.2) is 5.05 Å². The van der Waals surface area contributed by atoms with Crippen molar-refractivity contribution in [2.75, 3.05) is 27.4 Å². The normalized spacial score (nSPS) is 16.0. The van der Waals surface area contributed by atoms with Gasteiger partial charge in [0.25, 0.3) is 0 Å². The Hall–Kier alpha value is -3.32. The van der Waals surface area contributed by atoms with Gasteiger partial charge in [0.05, 0.1) is 26.9 Å². The number of thiocarbonyl (C=S) groups is 1. The highest BCUT2D eigenvalue weighted by Crippen LogP contribution is 2.26. The van der Waals surface area contributed by atoms with E-state index in [0.717, 1.165) is 59.1 Å². The molecule has 6 nitrogen and oxygen atoms in total. The zero-order valence-electron chi connectivity index (χ0n) is 21.2. The van der Waals surface area contributed by atoms with Crippen LogP contribution in [-0.2, 0) is 11.2 Å². The van der Waals surface area contributed by atoms with Crippen LogP contribution >= 0.6 is 12.2 Å². The molecule has 0 aromatic heterocycles. The molecule has 2 amide bonds. The number of hydrogen-bond donors (Lipinski definition) is 1. The van der Waals surface area contributed by atoms with Gasteiger partial charge in [0.1, 0.15) is 17.5 Å². The summed E-state index contributed by atoms with van der Waals surface area (Å²) >= 11 is 5.61. The first-order chi connectivity index (χ1) is 17.5. The topological polar surface area (TPSA) is 60.0 Å². The Kier molecular flexibility index (Phi) is 8.65. The number of carbonyl (C=O) groups is 1. The minimum Gasteiger partial charge on any atom is -0.497 e. The second-order valence-electron chi connectivity index (χ2n) is 9.08. The highest BCUT2D eigenvalue weighted by molar-refractivity contribution is 7.80.